The fraction of sp³-hybridized carbons (Fsp3) is 0.647. The number of ether oxygens (including phenoxy) is 2. The molecule has 0 bridgehead atoms. The first-order valence-electron chi connectivity index (χ1n) is 7.50. The zero-order valence-electron chi connectivity index (χ0n) is 13.4. The van der Waals surface area contributed by atoms with Crippen molar-refractivity contribution in [3.8, 4) is 11.8 Å². The number of esters is 2. The Morgan fingerprint density at radius 3 is 2.10 bits per heavy atom. The highest BCUT2D eigenvalue weighted by Crippen LogP contribution is 2.31. The van der Waals surface area contributed by atoms with E-state index in [-0.39, 0.29) is 26.1 Å². The summed E-state index contributed by atoms with van der Waals surface area (Å²) in [6.45, 7) is 9.53. The molecule has 4 nitrogen and oxygen atoms in total. The molecule has 0 radical (unpaired) electrons. The van der Waals surface area contributed by atoms with Crippen LogP contribution in [0.3, 0.4) is 0 Å². The standard InChI is InChI=1S/C17H26O4/c1-5-9-10-11-12-14-17(13-6-2,15(18)20-7-3)16(19)21-8-4/h6H,2,5,7-10,13-14H2,1,3-4H3. The highest BCUT2D eigenvalue weighted by Gasteiger charge is 2.47. The number of rotatable bonds is 9. The highest BCUT2D eigenvalue weighted by atomic mass is 16.6. The Bertz CT molecular complexity index is 383. The Labute approximate surface area is 127 Å². The summed E-state index contributed by atoms with van der Waals surface area (Å²) in [4.78, 5) is 24.5. The van der Waals surface area contributed by atoms with Gasteiger partial charge in [-0.1, -0.05) is 19.4 Å². The molecule has 0 heterocycles. The third kappa shape index (κ3) is 6.03. The first kappa shape index (κ1) is 19.2. The average Bonchev–Trinajstić information content (AvgIpc) is 2.46. The normalized spacial score (nSPS) is 10.2. The van der Waals surface area contributed by atoms with Gasteiger partial charge in [0.15, 0.2) is 5.41 Å². The number of carbonyl (C=O) groups excluding carboxylic acids is 2. The monoisotopic (exact) mass is 294 g/mol. The van der Waals surface area contributed by atoms with Crippen molar-refractivity contribution in [3.05, 3.63) is 12.7 Å². The molecule has 118 valence electrons. The molecule has 0 aromatic carbocycles. The largest absolute Gasteiger partial charge is 0.465 e. The van der Waals surface area contributed by atoms with E-state index in [1.807, 2.05) is 0 Å². The smallest absolute Gasteiger partial charge is 0.324 e. The molecule has 0 spiro atoms. The van der Waals surface area contributed by atoms with Gasteiger partial charge in [-0.15, -0.1) is 18.4 Å². The summed E-state index contributed by atoms with van der Waals surface area (Å²) >= 11 is 0. The van der Waals surface area contributed by atoms with E-state index in [0.29, 0.717) is 0 Å². The van der Waals surface area contributed by atoms with Crippen LogP contribution in [0.2, 0.25) is 0 Å². The molecular weight excluding hydrogens is 268 g/mol. The molecule has 0 atom stereocenters. The molecule has 0 saturated heterocycles. The summed E-state index contributed by atoms with van der Waals surface area (Å²) in [5.74, 6) is 4.74. The Kier molecular flexibility index (Phi) is 10.0. The van der Waals surface area contributed by atoms with Crippen LogP contribution in [-0.4, -0.2) is 25.2 Å². The van der Waals surface area contributed by atoms with Crippen molar-refractivity contribution in [2.24, 2.45) is 5.41 Å². The average molecular weight is 294 g/mol. The molecule has 0 N–H and O–H groups in total. The maximum Gasteiger partial charge on any atom is 0.324 e. The zero-order valence-corrected chi connectivity index (χ0v) is 13.4. The van der Waals surface area contributed by atoms with E-state index >= 15 is 0 Å². The van der Waals surface area contributed by atoms with Crippen LogP contribution in [0.1, 0.15) is 52.9 Å². The van der Waals surface area contributed by atoms with Gasteiger partial charge in [-0.05, 0) is 26.7 Å². The van der Waals surface area contributed by atoms with Crippen LogP contribution in [0.4, 0.5) is 0 Å². The lowest BCUT2D eigenvalue weighted by molar-refractivity contribution is -0.171. The van der Waals surface area contributed by atoms with E-state index in [0.717, 1.165) is 19.3 Å². The predicted molar refractivity (Wildman–Crippen MR) is 82.4 cm³/mol. The number of allylic oxidation sites excluding steroid dienone is 1. The van der Waals surface area contributed by atoms with Crippen LogP contribution in [0, 0.1) is 17.3 Å². The van der Waals surface area contributed by atoms with Crippen molar-refractivity contribution in [1.82, 2.24) is 0 Å². The summed E-state index contributed by atoms with van der Waals surface area (Å²) in [6, 6.07) is 0. The lowest BCUT2D eigenvalue weighted by atomic mass is 9.81. The maximum atomic E-state index is 12.3. The van der Waals surface area contributed by atoms with Gasteiger partial charge in [-0.25, -0.2) is 0 Å². The van der Waals surface area contributed by atoms with Crippen LogP contribution in [0.5, 0.6) is 0 Å². The molecule has 0 aliphatic heterocycles. The van der Waals surface area contributed by atoms with Crippen molar-refractivity contribution in [2.45, 2.75) is 52.9 Å². The minimum atomic E-state index is -1.40. The van der Waals surface area contributed by atoms with Gasteiger partial charge < -0.3 is 9.47 Å². The predicted octanol–water partition coefficient (Wildman–Crippen LogP) is 3.26. The molecule has 0 saturated carbocycles. The van der Waals surface area contributed by atoms with E-state index < -0.39 is 17.4 Å². The van der Waals surface area contributed by atoms with Crippen LogP contribution in [0.15, 0.2) is 12.7 Å². The lowest BCUT2D eigenvalue weighted by Crippen LogP contribution is -2.41. The number of hydrogen-bond donors (Lipinski definition) is 0. The van der Waals surface area contributed by atoms with E-state index in [9.17, 15) is 9.59 Å². The molecule has 0 aromatic rings. The summed E-state index contributed by atoms with van der Waals surface area (Å²) < 4.78 is 10.1. The second-order valence-corrected chi connectivity index (χ2v) is 4.65. The summed E-state index contributed by atoms with van der Waals surface area (Å²) in [5.41, 5.74) is -1.40. The molecule has 0 rings (SSSR count). The summed E-state index contributed by atoms with van der Waals surface area (Å²) in [5, 5.41) is 0. The van der Waals surface area contributed by atoms with Gasteiger partial charge in [0.1, 0.15) is 0 Å². The second-order valence-electron chi connectivity index (χ2n) is 4.65. The van der Waals surface area contributed by atoms with Gasteiger partial charge in [-0.3, -0.25) is 9.59 Å². The van der Waals surface area contributed by atoms with Crippen molar-refractivity contribution in [2.75, 3.05) is 13.2 Å². The third-order valence-electron chi connectivity index (χ3n) is 3.00. The van der Waals surface area contributed by atoms with E-state index in [2.05, 4.69) is 25.3 Å². The van der Waals surface area contributed by atoms with Crippen LogP contribution < -0.4 is 0 Å². The highest BCUT2D eigenvalue weighted by molar-refractivity contribution is 6.00. The Morgan fingerprint density at radius 1 is 1.10 bits per heavy atom. The summed E-state index contributed by atoms with van der Waals surface area (Å²) in [6.07, 6.45) is 4.60. The Morgan fingerprint density at radius 2 is 1.67 bits per heavy atom. The first-order valence-corrected chi connectivity index (χ1v) is 7.50. The Balaban J connectivity index is 5.24. The van der Waals surface area contributed by atoms with Gasteiger partial charge in [0.05, 0.1) is 13.2 Å². The second kappa shape index (κ2) is 11.0. The minimum absolute atomic E-state index is 0.0976. The van der Waals surface area contributed by atoms with Gasteiger partial charge in [0, 0.05) is 12.8 Å². The molecule has 0 aromatic heterocycles. The van der Waals surface area contributed by atoms with Crippen molar-refractivity contribution in [3.63, 3.8) is 0 Å². The van der Waals surface area contributed by atoms with E-state index in [4.69, 9.17) is 9.47 Å². The first-order chi connectivity index (χ1) is 10.1. The van der Waals surface area contributed by atoms with Crippen molar-refractivity contribution in [1.29, 1.82) is 0 Å². The molecular formula is C17H26O4. The van der Waals surface area contributed by atoms with E-state index in [1.165, 1.54) is 6.08 Å². The SMILES string of the molecule is C=CCC(CC#CCCCC)(C(=O)OCC)C(=O)OCC. The molecule has 21 heavy (non-hydrogen) atoms. The van der Waals surface area contributed by atoms with Crippen LogP contribution in [0.25, 0.3) is 0 Å². The summed E-state index contributed by atoms with van der Waals surface area (Å²) in [7, 11) is 0. The van der Waals surface area contributed by atoms with Crippen molar-refractivity contribution >= 4 is 11.9 Å². The quantitative estimate of drug-likeness (QED) is 0.215. The molecule has 0 unspecified atom stereocenters. The van der Waals surface area contributed by atoms with Crippen LogP contribution >= 0.6 is 0 Å². The molecule has 0 amide bonds. The Hall–Kier alpha value is -1.76. The zero-order chi connectivity index (χ0) is 16.1. The van der Waals surface area contributed by atoms with Gasteiger partial charge in [0.2, 0.25) is 0 Å². The third-order valence-corrected chi connectivity index (χ3v) is 3.00. The van der Waals surface area contributed by atoms with Gasteiger partial charge in [0.25, 0.3) is 0 Å². The number of carbonyl (C=O) groups is 2. The molecule has 4 heteroatoms. The molecule has 0 aliphatic rings. The minimum Gasteiger partial charge on any atom is -0.465 e. The topological polar surface area (TPSA) is 52.6 Å². The fourth-order valence-corrected chi connectivity index (χ4v) is 1.82. The van der Waals surface area contributed by atoms with Gasteiger partial charge >= 0.3 is 11.9 Å². The van der Waals surface area contributed by atoms with Crippen LogP contribution in [-0.2, 0) is 19.1 Å². The number of unbranched alkanes of at least 4 members (excludes halogenated alkanes) is 2. The maximum absolute atomic E-state index is 12.3. The molecule has 0 fully saturated rings. The lowest BCUT2D eigenvalue weighted by Gasteiger charge is -2.26. The van der Waals surface area contributed by atoms with Gasteiger partial charge in [-0.2, -0.15) is 0 Å². The fourth-order valence-electron chi connectivity index (χ4n) is 1.82. The number of hydrogen-bond acceptors (Lipinski definition) is 4. The van der Waals surface area contributed by atoms with E-state index in [1.54, 1.807) is 13.8 Å². The molecule has 0 aliphatic carbocycles. The van der Waals surface area contributed by atoms with Crippen molar-refractivity contribution < 1.29 is 19.1 Å².